The van der Waals surface area contributed by atoms with Gasteiger partial charge in [0.15, 0.2) is 0 Å². The second-order valence-electron chi connectivity index (χ2n) is 6.10. The van der Waals surface area contributed by atoms with Gasteiger partial charge in [0.25, 0.3) is 5.91 Å². The first kappa shape index (κ1) is 15.4. The number of nitrogens with zero attached hydrogens (tertiary/aromatic N) is 2. The Hall–Kier alpha value is -3.09. The van der Waals surface area contributed by atoms with Gasteiger partial charge in [-0.25, -0.2) is 9.18 Å². The molecule has 7 heteroatoms. The van der Waals surface area contributed by atoms with Crippen LogP contribution in [0.2, 0.25) is 0 Å². The Labute approximate surface area is 143 Å². The highest BCUT2D eigenvalue weighted by Gasteiger charge is 2.43. The van der Waals surface area contributed by atoms with Crippen molar-refractivity contribution < 1.29 is 18.4 Å². The van der Waals surface area contributed by atoms with Crippen LogP contribution in [0.25, 0.3) is 0 Å². The van der Waals surface area contributed by atoms with Crippen molar-refractivity contribution in [2.24, 2.45) is 0 Å². The van der Waals surface area contributed by atoms with Crippen LogP contribution in [0.3, 0.4) is 0 Å². The fourth-order valence-corrected chi connectivity index (χ4v) is 3.28. The summed E-state index contributed by atoms with van der Waals surface area (Å²) in [5.74, 6) is 0.0654. The lowest BCUT2D eigenvalue weighted by Crippen LogP contribution is -2.45. The summed E-state index contributed by atoms with van der Waals surface area (Å²) in [7, 11) is 1.62. The van der Waals surface area contributed by atoms with E-state index in [0.29, 0.717) is 35.7 Å². The minimum absolute atomic E-state index is 0.187. The maximum Gasteiger partial charge on any atom is 0.322 e. The molecule has 0 radical (unpaired) electrons. The molecule has 2 aliphatic heterocycles. The predicted molar refractivity (Wildman–Crippen MR) is 86.6 cm³/mol. The van der Waals surface area contributed by atoms with Gasteiger partial charge in [0.1, 0.15) is 11.6 Å². The number of hydrogen-bond donors (Lipinski definition) is 1. The molecule has 0 unspecified atom stereocenters. The van der Waals surface area contributed by atoms with Crippen molar-refractivity contribution in [1.29, 1.82) is 0 Å². The molecule has 3 amide bonds. The fraction of sp³-hybridized carbons (Fsp3) is 0.222. The van der Waals surface area contributed by atoms with Gasteiger partial charge in [-0.05, 0) is 29.8 Å². The van der Waals surface area contributed by atoms with Crippen LogP contribution in [0.15, 0.2) is 58.3 Å². The Kier molecular flexibility index (Phi) is 3.56. The maximum absolute atomic E-state index is 13.6. The summed E-state index contributed by atoms with van der Waals surface area (Å²) >= 11 is 0. The molecule has 4 rings (SSSR count). The molecule has 0 saturated carbocycles. The summed E-state index contributed by atoms with van der Waals surface area (Å²) in [5.41, 5.74) is 1.65. The van der Waals surface area contributed by atoms with E-state index >= 15 is 0 Å². The molecular weight excluding hydrogens is 325 g/mol. The normalized spacial score (nSPS) is 20.2. The largest absolute Gasteiger partial charge is 0.467 e. The Morgan fingerprint density at radius 3 is 2.84 bits per heavy atom. The summed E-state index contributed by atoms with van der Waals surface area (Å²) in [6.45, 7) is 0.626. The number of benzene rings is 1. The molecule has 0 spiro atoms. The first-order valence-electron chi connectivity index (χ1n) is 7.89. The molecule has 3 heterocycles. The van der Waals surface area contributed by atoms with Crippen LogP contribution in [-0.2, 0) is 11.3 Å². The summed E-state index contributed by atoms with van der Waals surface area (Å²) in [6.07, 6.45) is 1.55. The number of urea groups is 1. The van der Waals surface area contributed by atoms with Gasteiger partial charge in [0, 0.05) is 7.05 Å². The number of carbonyl (C=O) groups is 2. The van der Waals surface area contributed by atoms with E-state index in [1.165, 1.54) is 17.0 Å². The van der Waals surface area contributed by atoms with Crippen LogP contribution in [0, 0.1) is 5.82 Å². The van der Waals surface area contributed by atoms with Crippen LogP contribution in [0.5, 0.6) is 0 Å². The molecule has 1 aromatic heterocycles. The second kappa shape index (κ2) is 5.77. The highest BCUT2D eigenvalue weighted by molar-refractivity contribution is 6.01. The van der Waals surface area contributed by atoms with Crippen LogP contribution in [0.1, 0.15) is 17.4 Å². The standard InChI is InChI=1S/C18H16FN3O3/c1-21-14-10-22(9-13-6-3-7-25-13)17(23)15(14)16(20-18(21)24)11-4-2-5-12(19)8-11/h2-8,16H,9-10H2,1H3,(H,20,24)/t16-/m1/s1. The average molecular weight is 341 g/mol. The summed E-state index contributed by atoms with van der Waals surface area (Å²) in [4.78, 5) is 28.3. The van der Waals surface area contributed by atoms with E-state index in [1.807, 2.05) is 0 Å². The second-order valence-corrected chi connectivity index (χ2v) is 6.10. The van der Waals surface area contributed by atoms with Gasteiger partial charge in [-0.1, -0.05) is 12.1 Å². The van der Waals surface area contributed by atoms with Crippen molar-refractivity contribution in [2.75, 3.05) is 13.6 Å². The fourth-order valence-electron chi connectivity index (χ4n) is 3.28. The molecule has 128 valence electrons. The number of halogens is 1. The predicted octanol–water partition coefficient (Wildman–Crippen LogP) is 2.41. The van der Waals surface area contributed by atoms with Crippen molar-refractivity contribution in [3.05, 3.63) is 71.1 Å². The molecule has 1 N–H and O–H groups in total. The zero-order chi connectivity index (χ0) is 17.6. The van der Waals surface area contributed by atoms with Gasteiger partial charge < -0.3 is 14.6 Å². The third-order valence-electron chi connectivity index (χ3n) is 4.54. The molecule has 25 heavy (non-hydrogen) atoms. The Morgan fingerprint density at radius 1 is 1.28 bits per heavy atom. The zero-order valence-electron chi connectivity index (χ0n) is 13.5. The molecule has 2 aromatic rings. The molecule has 0 aliphatic carbocycles. The first-order valence-corrected chi connectivity index (χ1v) is 7.89. The monoisotopic (exact) mass is 341 g/mol. The van der Waals surface area contributed by atoms with E-state index in [9.17, 15) is 14.0 Å². The Balaban J connectivity index is 1.70. The highest BCUT2D eigenvalue weighted by atomic mass is 19.1. The lowest BCUT2D eigenvalue weighted by atomic mass is 9.96. The van der Waals surface area contributed by atoms with Crippen LogP contribution >= 0.6 is 0 Å². The average Bonchev–Trinajstić information content (AvgIpc) is 3.21. The van der Waals surface area contributed by atoms with Crippen LogP contribution < -0.4 is 5.32 Å². The Morgan fingerprint density at radius 2 is 2.12 bits per heavy atom. The smallest absolute Gasteiger partial charge is 0.322 e. The molecule has 1 atom stereocenters. The number of furan rings is 1. The number of nitrogens with one attached hydrogen (secondary N) is 1. The molecule has 0 fully saturated rings. The number of amides is 3. The topological polar surface area (TPSA) is 65.8 Å². The van der Waals surface area contributed by atoms with Gasteiger partial charge in [-0.2, -0.15) is 0 Å². The Bertz CT molecular complexity index is 875. The quantitative estimate of drug-likeness (QED) is 0.932. The number of carbonyl (C=O) groups excluding carboxylic acids is 2. The van der Waals surface area contributed by atoms with Crippen LogP contribution in [0.4, 0.5) is 9.18 Å². The highest BCUT2D eigenvalue weighted by Crippen LogP contribution is 2.36. The molecule has 2 aliphatic rings. The van der Waals surface area contributed by atoms with E-state index < -0.39 is 11.9 Å². The lowest BCUT2D eigenvalue weighted by Gasteiger charge is -2.31. The van der Waals surface area contributed by atoms with Crippen LogP contribution in [-0.4, -0.2) is 35.3 Å². The molecule has 1 aromatic carbocycles. The SMILES string of the molecule is CN1C(=O)N[C@H](c2cccc(F)c2)C2=C1CN(Cc1ccco1)C2=O. The maximum atomic E-state index is 13.6. The van der Waals surface area contributed by atoms with Gasteiger partial charge in [0.2, 0.25) is 0 Å². The third kappa shape index (κ3) is 2.57. The van der Waals surface area contributed by atoms with Crippen molar-refractivity contribution in [3.8, 4) is 0 Å². The molecule has 0 saturated heterocycles. The van der Waals surface area contributed by atoms with Gasteiger partial charge >= 0.3 is 6.03 Å². The van der Waals surface area contributed by atoms with Crippen molar-refractivity contribution in [1.82, 2.24) is 15.1 Å². The third-order valence-corrected chi connectivity index (χ3v) is 4.54. The van der Waals surface area contributed by atoms with E-state index in [2.05, 4.69) is 5.32 Å². The number of likely N-dealkylation sites (N-methyl/N-ethyl adjacent to an activating group) is 1. The minimum atomic E-state index is -0.663. The molecule has 0 bridgehead atoms. The minimum Gasteiger partial charge on any atom is -0.467 e. The van der Waals surface area contributed by atoms with E-state index in [1.54, 1.807) is 42.5 Å². The number of rotatable bonds is 3. The van der Waals surface area contributed by atoms with E-state index in [-0.39, 0.29) is 11.9 Å². The summed E-state index contributed by atoms with van der Waals surface area (Å²) < 4.78 is 18.9. The van der Waals surface area contributed by atoms with E-state index in [4.69, 9.17) is 4.42 Å². The van der Waals surface area contributed by atoms with Crippen molar-refractivity contribution in [3.63, 3.8) is 0 Å². The summed E-state index contributed by atoms with van der Waals surface area (Å²) in [5, 5.41) is 2.78. The van der Waals surface area contributed by atoms with Gasteiger partial charge in [-0.3, -0.25) is 9.69 Å². The first-order chi connectivity index (χ1) is 12.0. The van der Waals surface area contributed by atoms with E-state index in [0.717, 1.165) is 0 Å². The lowest BCUT2D eigenvalue weighted by molar-refractivity contribution is -0.126. The number of hydrogen-bond acceptors (Lipinski definition) is 3. The molecular formula is C18H16FN3O3. The van der Waals surface area contributed by atoms with Gasteiger partial charge in [0.05, 0.1) is 36.7 Å². The van der Waals surface area contributed by atoms with Crippen molar-refractivity contribution >= 4 is 11.9 Å². The van der Waals surface area contributed by atoms with Gasteiger partial charge in [-0.15, -0.1) is 0 Å². The summed E-state index contributed by atoms with van der Waals surface area (Å²) in [6, 6.07) is 8.50. The zero-order valence-corrected chi connectivity index (χ0v) is 13.5. The molecule has 6 nitrogen and oxygen atoms in total. The van der Waals surface area contributed by atoms with Crippen molar-refractivity contribution in [2.45, 2.75) is 12.6 Å².